The van der Waals surface area contributed by atoms with E-state index in [1.165, 1.54) is 12.1 Å². The number of carbonyl (C=O) groups excluding carboxylic acids is 1. The lowest BCUT2D eigenvalue weighted by molar-refractivity contribution is -0.141. The Kier molecular flexibility index (Phi) is 5.05. The second kappa shape index (κ2) is 7.40. The maximum Gasteiger partial charge on any atom is 0.260 e. The lowest BCUT2D eigenvalue weighted by atomic mass is 10.1. The van der Waals surface area contributed by atoms with Crippen LogP contribution in [-0.2, 0) is 9.53 Å². The summed E-state index contributed by atoms with van der Waals surface area (Å²) >= 11 is 0. The number of halogens is 1. The topological polar surface area (TPSA) is 51.7 Å². The first-order chi connectivity index (χ1) is 11.6. The zero-order chi connectivity index (χ0) is 16.9. The Morgan fingerprint density at radius 2 is 2.21 bits per heavy atom. The van der Waals surface area contributed by atoms with Crippen LogP contribution in [0.4, 0.5) is 4.39 Å². The van der Waals surface area contributed by atoms with E-state index in [1.54, 1.807) is 23.2 Å². The lowest BCUT2D eigenvalue weighted by Crippen LogP contribution is -2.44. The number of aromatic nitrogens is 1. The maximum atomic E-state index is 13.5. The largest absolute Gasteiger partial charge is 0.481 e. The SMILES string of the molecule is Cc1ccc(C2CN(C(=O)COc3ccccc3F)CCO2)nc1. The molecule has 1 atom stereocenters. The number of hydrogen-bond donors (Lipinski definition) is 0. The number of carbonyl (C=O) groups is 1. The maximum absolute atomic E-state index is 13.5. The van der Waals surface area contributed by atoms with Crippen molar-refractivity contribution < 1.29 is 18.7 Å². The molecule has 0 bridgehead atoms. The average Bonchev–Trinajstić information content (AvgIpc) is 2.61. The summed E-state index contributed by atoms with van der Waals surface area (Å²) in [6, 6.07) is 9.91. The molecule has 1 aliphatic rings. The molecule has 1 unspecified atom stereocenters. The zero-order valence-corrected chi connectivity index (χ0v) is 13.4. The van der Waals surface area contributed by atoms with E-state index in [4.69, 9.17) is 9.47 Å². The number of amides is 1. The van der Waals surface area contributed by atoms with Gasteiger partial charge in [0.1, 0.15) is 6.10 Å². The highest BCUT2D eigenvalue weighted by Gasteiger charge is 2.26. The van der Waals surface area contributed by atoms with Crippen molar-refractivity contribution in [2.24, 2.45) is 0 Å². The highest BCUT2D eigenvalue weighted by Crippen LogP contribution is 2.21. The third kappa shape index (κ3) is 3.89. The van der Waals surface area contributed by atoms with Crippen molar-refractivity contribution >= 4 is 5.91 Å². The summed E-state index contributed by atoms with van der Waals surface area (Å²) in [5, 5.41) is 0. The standard InChI is InChI=1S/C18H19FN2O3/c1-13-6-7-15(20-10-13)17-11-21(8-9-23-17)18(22)12-24-16-5-3-2-4-14(16)19/h2-7,10,17H,8-9,11-12H2,1H3. The Morgan fingerprint density at radius 3 is 2.96 bits per heavy atom. The van der Waals surface area contributed by atoms with E-state index in [2.05, 4.69) is 4.98 Å². The van der Waals surface area contributed by atoms with Gasteiger partial charge < -0.3 is 14.4 Å². The van der Waals surface area contributed by atoms with Gasteiger partial charge >= 0.3 is 0 Å². The molecule has 2 heterocycles. The van der Waals surface area contributed by atoms with Crippen molar-refractivity contribution in [3.05, 3.63) is 59.7 Å². The minimum absolute atomic E-state index is 0.0795. The van der Waals surface area contributed by atoms with Crippen molar-refractivity contribution in [1.82, 2.24) is 9.88 Å². The van der Waals surface area contributed by atoms with Crippen LogP contribution in [0.1, 0.15) is 17.4 Å². The van der Waals surface area contributed by atoms with Crippen molar-refractivity contribution in [2.45, 2.75) is 13.0 Å². The van der Waals surface area contributed by atoms with Crippen LogP contribution < -0.4 is 4.74 Å². The first kappa shape index (κ1) is 16.4. The van der Waals surface area contributed by atoms with E-state index in [9.17, 15) is 9.18 Å². The van der Waals surface area contributed by atoms with Gasteiger partial charge in [0.2, 0.25) is 0 Å². The van der Waals surface area contributed by atoms with Crippen molar-refractivity contribution in [3.63, 3.8) is 0 Å². The fraction of sp³-hybridized carbons (Fsp3) is 0.333. The number of rotatable bonds is 4. The van der Waals surface area contributed by atoms with Crippen LogP contribution >= 0.6 is 0 Å². The fourth-order valence-corrected chi connectivity index (χ4v) is 2.52. The van der Waals surface area contributed by atoms with Gasteiger partial charge in [0.15, 0.2) is 18.2 Å². The van der Waals surface area contributed by atoms with E-state index < -0.39 is 5.82 Å². The molecule has 0 N–H and O–H groups in total. The molecule has 2 aromatic rings. The molecule has 0 saturated carbocycles. The van der Waals surface area contributed by atoms with Gasteiger partial charge in [-0.2, -0.15) is 0 Å². The van der Waals surface area contributed by atoms with Gasteiger partial charge in [0.05, 0.1) is 18.8 Å². The summed E-state index contributed by atoms with van der Waals surface area (Å²) in [5.41, 5.74) is 1.87. The molecule has 1 amide bonds. The second-order valence-corrected chi connectivity index (χ2v) is 5.68. The molecule has 0 aliphatic carbocycles. The molecule has 0 spiro atoms. The van der Waals surface area contributed by atoms with Crippen molar-refractivity contribution in [3.8, 4) is 5.75 Å². The number of morpholine rings is 1. The van der Waals surface area contributed by atoms with Crippen LogP contribution in [0.25, 0.3) is 0 Å². The summed E-state index contributed by atoms with van der Waals surface area (Å²) in [5.74, 6) is -0.594. The van der Waals surface area contributed by atoms with Crippen molar-refractivity contribution in [2.75, 3.05) is 26.3 Å². The van der Waals surface area contributed by atoms with Crippen LogP contribution in [0.5, 0.6) is 5.75 Å². The number of pyridine rings is 1. The summed E-state index contributed by atoms with van der Waals surface area (Å²) in [4.78, 5) is 18.3. The van der Waals surface area contributed by atoms with Crippen molar-refractivity contribution in [1.29, 1.82) is 0 Å². The Morgan fingerprint density at radius 1 is 1.38 bits per heavy atom. The number of aryl methyl sites for hydroxylation is 1. The van der Waals surface area contributed by atoms with Gasteiger partial charge in [-0.3, -0.25) is 9.78 Å². The number of para-hydroxylation sites is 1. The third-order valence-electron chi connectivity index (χ3n) is 3.87. The molecule has 1 saturated heterocycles. The van der Waals surface area contributed by atoms with Crippen LogP contribution in [0, 0.1) is 12.7 Å². The predicted octanol–water partition coefficient (Wildman–Crippen LogP) is 2.51. The normalized spacial score (nSPS) is 17.6. The zero-order valence-electron chi connectivity index (χ0n) is 13.4. The van der Waals surface area contributed by atoms with E-state index in [-0.39, 0.29) is 24.4 Å². The fourth-order valence-electron chi connectivity index (χ4n) is 2.52. The molecule has 24 heavy (non-hydrogen) atoms. The molecular formula is C18H19FN2O3. The van der Waals surface area contributed by atoms with Gasteiger partial charge in [0, 0.05) is 12.7 Å². The Balaban J connectivity index is 1.59. The van der Waals surface area contributed by atoms with Gasteiger partial charge in [0.25, 0.3) is 5.91 Å². The molecule has 1 aromatic heterocycles. The molecule has 5 nitrogen and oxygen atoms in total. The van der Waals surface area contributed by atoms with E-state index in [1.807, 2.05) is 19.1 Å². The molecule has 126 valence electrons. The second-order valence-electron chi connectivity index (χ2n) is 5.68. The molecule has 6 heteroatoms. The number of benzene rings is 1. The highest BCUT2D eigenvalue weighted by molar-refractivity contribution is 5.78. The minimum Gasteiger partial charge on any atom is -0.481 e. The Hall–Kier alpha value is -2.47. The Labute approximate surface area is 140 Å². The first-order valence-corrected chi connectivity index (χ1v) is 7.83. The quantitative estimate of drug-likeness (QED) is 0.864. The molecule has 1 aliphatic heterocycles. The minimum atomic E-state index is -0.478. The first-order valence-electron chi connectivity index (χ1n) is 7.83. The number of ether oxygens (including phenoxy) is 2. The number of nitrogens with zero attached hydrogens (tertiary/aromatic N) is 2. The van der Waals surface area contributed by atoms with Gasteiger partial charge in [-0.25, -0.2) is 4.39 Å². The van der Waals surface area contributed by atoms with Crippen LogP contribution in [0.2, 0.25) is 0 Å². The molecular weight excluding hydrogens is 311 g/mol. The lowest BCUT2D eigenvalue weighted by Gasteiger charge is -2.32. The van der Waals surface area contributed by atoms with Gasteiger partial charge in [-0.05, 0) is 30.7 Å². The summed E-state index contributed by atoms with van der Waals surface area (Å²) in [6.45, 7) is 3.10. The summed E-state index contributed by atoms with van der Waals surface area (Å²) in [6.07, 6.45) is 1.53. The van der Waals surface area contributed by atoms with E-state index in [0.717, 1.165) is 11.3 Å². The molecule has 3 rings (SSSR count). The summed E-state index contributed by atoms with van der Waals surface area (Å²) < 4.78 is 24.5. The highest BCUT2D eigenvalue weighted by atomic mass is 19.1. The monoisotopic (exact) mass is 330 g/mol. The van der Waals surface area contributed by atoms with Gasteiger partial charge in [-0.1, -0.05) is 18.2 Å². The summed E-state index contributed by atoms with van der Waals surface area (Å²) in [7, 11) is 0. The van der Waals surface area contributed by atoms with E-state index >= 15 is 0 Å². The van der Waals surface area contributed by atoms with Crippen LogP contribution in [0.15, 0.2) is 42.6 Å². The Bertz CT molecular complexity index is 706. The van der Waals surface area contributed by atoms with Gasteiger partial charge in [-0.15, -0.1) is 0 Å². The molecule has 1 fully saturated rings. The molecule has 0 radical (unpaired) electrons. The van der Waals surface area contributed by atoms with Crippen LogP contribution in [-0.4, -0.2) is 42.1 Å². The molecule has 1 aromatic carbocycles. The predicted molar refractivity (Wildman–Crippen MR) is 86.1 cm³/mol. The third-order valence-corrected chi connectivity index (χ3v) is 3.87. The average molecular weight is 330 g/mol. The van der Waals surface area contributed by atoms with Crippen LogP contribution in [0.3, 0.4) is 0 Å². The number of hydrogen-bond acceptors (Lipinski definition) is 4. The van der Waals surface area contributed by atoms with E-state index in [0.29, 0.717) is 19.7 Å². The smallest absolute Gasteiger partial charge is 0.260 e.